The van der Waals surface area contributed by atoms with Gasteiger partial charge in [-0.1, -0.05) is 51.4 Å². The summed E-state index contributed by atoms with van der Waals surface area (Å²) in [5.74, 6) is 0. The number of methoxy groups -OCH3 is 1. The van der Waals surface area contributed by atoms with Gasteiger partial charge in [-0.15, -0.1) is 0 Å². The molecule has 0 fully saturated rings. The molecule has 0 aromatic heterocycles. The summed E-state index contributed by atoms with van der Waals surface area (Å²) in [6.07, 6.45) is 11.0. The van der Waals surface area contributed by atoms with E-state index in [1.165, 1.54) is 32.1 Å². The van der Waals surface area contributed by atoms with Crippen molar-refractivity contribution in [2.45, 2.75) is 64.2 Å². The molecule has 0 radical (unpaired) electrons. The molecule has 2 N–H and O–H groups in total. The summed E-state index contributed by atoms with van der Waals surface area (Å²) in [4.78, 5) is 17.6. The van der Waals surface area contributed by atoms with E-state index in [1.807, 2.05) is 0 Å². The van der Waals surface area contributed by atoms with Crippen LogP contribution in [0.5, 0.6) is 0 Å². The van der Waals surface area contributed by atoms with Crippen LogP contribution < -0.4 is 0 Å². The average molecular weight is 589 g/mol. The van der Waals surface area contributed by atoms with Gasteiger partial charge in [-0.3, -0.25) is 4.57 Å². The smallest absolute Gasteiger partial charge is 0.325 e. The van der Waals surface area contributed by atoms with Gasteiger partial charge in [-0.25, -0.2) is 0 Å². The van der Waals surface area contributed by atoms with E-state index in [-0.39, 0.29) is 6.16 Å². The number of ether oxygens (including phenoxy) is 8. The molecule has 0 saturated heterocycles. The van der Waals surface area contributed by atoms with Crippen molar-refractivity contribution >= 4 is 7.60 Å². The third kappa shape index (κ3) is 37.8. The highest BCUT2D eigenvalue weighted by Gasteiger charge is 2.10. The number of hydrogen-bond acceptors (Lipinski definition) is 9. The lowest BCUT2D eigenvalue weighted by molar-refractivity contribution is -0.0221. The Bertz CT molecular complexity index is 508. The lowest BCUT2D eigenvalue weighted by atomic mass is 10.1. The van der Waals surface area contributed by atoms with Gasteiger partial charge in [0, 0.05) is 19.9 Å². The minimum atomic E-state index is -3.80. The fourth-order valence-corrected chi connectivity index (χ4v) is 4.14. The fraction of sp³-hybridized carbons (Fsp3) is 1.00. The van der Waals surface area contributed by atoms with Crippen LogP contribution in [0.2, 0.25) is 0 Å². The van der Waals surface area contributed by atoms with E-state index in [0.29, 0.717) is 98.9 Å². The van der Waals surface area contributed by atoms with Gasteiger partial charge in [0.05, 0.1) is 92.5 Å². The Hall–Kier alpha value is -0.170. The molecular weight excluding hydrogens is 531 g/mol. The second-order valence-electron chi connectivity index (χ2n) is 9.20. The Kier molecular flexibility index (Phi) is 32.2. The molecule has 0 atom stereocenters. The molecule has 0 spiro atoms. The summed E-state index contributed by atoms with van der Waals surface area (Å²) in [7, 11) is -2.16. The van der Waals surface area contributed by atoms with Crippen LogP contribution in [0.4, 0.5) is 0 Å². The van der Waals surface area contributed by atoms with E-state index in [0.717, 1.165) is 32.3 Å². The first-order valence-electron chi connectivity index (χ1n) is 14.6. The van der Waals surface area contributed by atoms with Crippen LogP contribution in [0.1, 0.15) is 64.2 Å². The van der Waals surface area contributed by atoms with E-state index < -0.39 is 7.60 Å². The van der Waals surface area contributed by atoms with Gasteiger partial charge >= 0.3 is 7.60 Å². The number of unbranched alkanes of at least 4 members (excludes halogenated alkanes) is 9. The van der Waals surface area contributed by atoms with Gasteiger partial charge in [0.2, 0.25) is 0 Å². The maximum Gasteiger partial charge on any atom is 0.325 e. The maximum atomic E-state index is 10.8. The van der Waals surface area contributed by atoms with Crippen LogP contribution in [0, 0.1) is 0 Å². The van der Waals surface area contributed by atoms with Crippen LogP contribution in [0.15, 0.2) is 0 Å². The Morgan fingerprint density at radius 3 is 0.949 bits per heavy atom. The number of hydrogen-bond donors (Lipinski definition) is 2. The van der Waals surface area contributed by atoms with Crippen molar-refractivity contribution < 1.29 is 52.2 Å². The summed E-state index contributed by atoms with van der Waals surface area (Å²) >= 11 is 0. The van der Waals surface area contributed by atoms with E-state index in [9.17, 15) is 4.57 Å². The largest absolute Gasteiger partial charge is 0.382 e. The van der Waals surface area contributed by atoms with Gasteiger partial charge in [-0.05, 0) is 12.8 Å². The summed E-state index contributed by atoms with van der Waals surface area (Å²) < 4.78 is 53.8. The average Bonchev–Trinajstić information content (AvgIpc) is 2.90. The van der Waals surface area contributed by atoms with Crippen LogP contribution in [0.25, 0.3) is 0 Å². The zero-order chi connectivity index (χ0) is 28.5. The molecule has 0 unspecified atom stereocenters. The van der Waals surface area contributed by atoms with E-state index in [2.05, 4.69) is 0 Å². The normalized spacial score (nSPS) is 12.0. The lowest BCUT2D eigenvalue weighted by Crippen LogP contribution is -2.14. The van der Waals surface area contributed by atoms with E-state index in [4.69, 9.17) is 47.7 Å². The molecule has 0 saturated carbocycles. The van der Waals surface area contributed by atoms with Crippen molar-refractivity contribution in [1.29, 1.82) is 0 Å². The molecule has 236 valence electrons. The highest BCUT2D eigenvalue weighted by molar-refractivity contribution is 7.51. The van der Waals surface area contributed by atoms with Crippen molar-refractivity contribution in [2.75, 3.05) is 112 Å². The van der Waals surface area contributed by atoms with Crippen molar-refractivity contribution in [1.82, 2.24) is 0 Å². The third-order valence-electron chi connectivity index (χ3n) is 5.65. The molecule has 11 nitrogen and oxygen atoms in total. The summed E-state index contributed by atoms with van der Waals surface area (Å²) in [6.45, 7) is 8.56. The Labute approximate surface area is 236 Å². The first-order chi connectivity index (χ1) is 19.1. The van der Waals surface area contributed by atoms with Gasteiger partial charge in [0.25, 0.3) is 0 Å². The van der Waals surface area contributed by atoms with Crippen molar-refractivity contribution in [3.8, 4) is 0 Å². The molecule has 0 aromatic rings. The Morgan fingerprint density at radius 2 is 0.641 bits per heavy atom. The molecule has 0 aromatic carbocycles. The molecule has 0 aliphatic carbocycles. The third-order valence-corrected chi connectivity index (χ3v) is 6.55. The molecule has 0 rings (SSSR count). The monoisotopic (exact) mass is 588 g/mol. The predicted molar refractivity (Wildman–Crippen MR) is 151 cm³/mol. The van der Waals surface area contributed by atoms with Crippen LogP contribution in [-0.2, 0) is 42.5 Å². The van der Waals surface area contributed by atoms with Crippen LogP contribution in [0.3, 0.4) is 0 Å². The SMILES string of the molecule is COCCOCCOCCOCCOCCOCCOCCOCCCCCCCCCCCCP(=O)(O)O. The van der Waals surface area contributed by atoms with Crippen LogP contribution in [-0.4, -0.2) is 122 Å². The highest BCUT2D eigenvalue weighted by Crippen LogP contribution is 2.35. The predicted octanol–water partition coefficient (Wildman–Crippen LogP) is 3.83. The first-order valence-corrected chi connectivity index (χ1v) is 16.4. The van der Waals surface area contributed by atoms with Crippen molar-refractivity contribution in [2.24, 2.45) is 0 Å². The second-order valence-corrected chi connectivity index (χ2v) is 11.0. The molecular formula is C27H57O11P. The Morgan fingerprint density at radius 1 is 0.385 bits per heavy atom. The second kappa shape index (κ2) is 32.3. The highest BCUT2D eigenvalue weighted by atomic mass is 31.2. The van der Waals surface area contributed by atoms with E-state index in [1.54, 1.807) is 7.11 Å². The number of rotatable bonds is 34. The van der Waals surface area contributed by atoms with Gasteiger partial charge in [-0.2, -0.15) is 0 Å². The van der Waals surface area contributed by atoms with Gasteiger partial charge in [0.15, 0.2) is 0 Å². The molecule has 0 heterocycles. The topological polar surface area (TPSA) is 131 Å². The zero-order valence-electron chi connectivity index (χ0n) is 24.4. The van der Waals surface area contributed by atoms with Gasteiger partial charge < -0.3 is 47.7 Å². The fourth-order valence-electron chi connectivity index (χ4n) is 3.50. The zero-order valence-corrected chi connectivity index (χ0v) is 25.3. The van der Waals surface area contributed by atoms with Crippen molar-refractivity contribution in [3.05, 3.63) is 0 Å². The van der Waals surface area contributed by atoms with Crippen molar-refractivity contribution in [3.63, 3.8) is 0 Å². The maximum absolute atomic E-state index is 10.8. The standard InChI is InChI=1S/C27H57O11P/c1-31-13-14-33-17-18-35-21-22-37-25-26-38-24-23-36-20-19-34-16-15-32-12-10-8-6-4-2-3-5-7-9-11-27-39(28,29)30/h2-27H2,1H3,(H2,28,29,30). The lowest BCUT2D eigenvalue weighted by Gasteiger charge is -2.08. The quantitative estimate of drug-likeness (QED) is 0.0840. The molecule has 0 aliphatic rings. The summed E-state index contributed by atoms with van der Waals surface area (Å²) in [5.41, 5.74) is 0. The van der Waals surface area contributed by atoms with E-state index >= 15 is 0 Å². The molecule has 12 heteroatoms. The Balaban J connectivity index is 3.04. The van der Waals surface area contributed by atoms with Crippen LogP contribution >= 0.6 is 7.60 Å². The molecule has 39 heavy (non-hydrogen) atoms. The minimum Gasteiger partial charge on any atom is -0.382 e. The van der Waals surface area contributed by atoms with Gasteiger partial charge in [0.1, 0.15) is 0 Å². The molecule has 0 bridgehead atoms. The summed E-state index contributed by atoms with van der Waals surface area (Å²) in [6, 6.07) is 0. The molecule has 0 amide bonds. The molecule has 0 aliphatic heterocycles. The first kappa shape index (κ1) is 38.8. The minimum absolute atomic E-state index is 0.0232. The summed E-state index contributed by atoms with van der Waals surface area (Å²) in [5, 5.41) is 0.